The van der Waals surface area contributed by atoms with Gasteiger partial charge in [0.1, 0.15) is 12.2 Å². The van der Waals surface area contributed by atoms with E-state index in [-0.39, 0.29) is 42.9 Å². The smallest absolute Gasteiger partial charge is 0.311 e. The normalized spacial score (nSPS) is 32.9. The molecule has 1 saturated carbocycles. The maximum atomic E-state index is 12.8. The molecular formula is C24H42O7. The van der Waals surface area contributed by atoms with Crippen LogP contribution in [0.3, 0.4) is 0 Å². The third-order valence-electron chi connectivity index (χ3n) is 7.42. The summed E-state index contributed by atoms with van der Waals surface area (Å²) < 4.78 is 11.4. The minimum atomic E-state index is -0.661. The molecule has 31 heavy (non-hydrogen) atoms. The molecule has 0 amide bonds. The van der Waals surface area contributed by atoms with E-state index in [1.807, 2.05) is 20.8 Å². The summed E-state index contributed by atoms with van der Waals surface area (Å²) >= 11 is 0. The number of carbonyl (C=O) groups excluding carboxylic acids is 2. The van der Waals surface area contributed by atoms with Crippen molar-refractivity contribution in [3.63, 3.8) is 0 Å². The molecule has 7 nitrogen and oxygen atoms in total. The zero-order chi connectivity index (χ0) is 23.2. The topological polar surface area (TPSA) is 113 Å². The van der Waals surface area contributed by atoms with E-state index in [1.165, 1.54) is 0 Å². The maximum Gasteiger partial charge on any atom is 0.311 e. The first-order valence-electron chi connectivity index (χ1n) is 12.0. The fourth-order valence-electron chi connectivity index (χ4n) is 4.99. The van der Waals surface area contributed by atoms with E-state index in [2.05, 4.69) is 6.92 Å². The van der Waals surface area contributed by atoms with Gasteiger partial charge in [0.25, 0.3) is 0 Å². The average molecular weight is 443 g/mol. The quantitative estimate of drug-likeness (QED) is 0.446. The van der Waals surface area contributed by atoms with Gasteiger partial charge < -0.3 is 24.8 Å². The summed E-state index contributed by atoms with van der Waals surface area (Å²) in [7, 11) is 0. The van der Waals surface area contributed by atoms with Crippen LogP contribution >= 0.6 is 0 Å². The van der Waals surface area contributed by atoms with Crippen LogP contribution in [0.4, 0.5) is 0 Å². The lowest BCUT2D eigenvalue weighted by atomic mass is 9.66. The molecule has 180 valence electrons. The predicted molar refractivity (Wildman–Crippen MR) is 116 cm³/mol. The van der Waals surface area contributed by atoms with Gasteiger partial charge in [-0.25, -0.2) is 0 Å². The zero-order valence-corrected chi connectivity index (χ0v) is 19.6. The molecule has 0 radical (unpaired) electrons. The van der Waals surface area contributed by atoms with E-state index in [0.29, 0.717) is 44.4 Å². The van der Waals surface area contributed by atoms with E-state index < -0.39 is 23.7 Å². The Morgan fingerprint density at radius 2 is 1.97 bits per heavy atom. The third-order valence-corrected chi connectivity index (χ3v) is 7.42. The van der Waals surface area contributed by atoms with Gasteiger partial charge in [-0.2, -0.15) is 0 Å². The van der Waals surface area contributed by atoms with E-state index >= 15 is 0 Å². The summed E-state index contributed by atoms with van der Waals surface area (Å²) in [5.41, 5.74) is -0.607. The van der Waals surface area contributed by atoms with E-state index in [4.69, 9.17) is 9.47 Å². The second kappa shape index (κ2) is 11.6. The molecule has 1 saturated heterocycles. The van der Waals surface area contributed by atoms with Crippen LogP contribution in [-0.4, -0.2) is 58.3 Å². The van der Waals surface area contributed by atoms with Crippen molar-refractivity contribution < 1.29 is 34.4 Å². The Bertz CT molecular complexity index is 590. The summed E-state index contributed by atoms with van der Waals surface area (Å²) in [6, 6.07) is 0. The van der Waals surface area contributed by atoms with Crippen LogP contribution in [0.1, 0.15) is 85.5 Å². The average Bonchev–Trinajstić information content (AvgIpc) is 2.70. The minimum absolute atomic E-state index is 0.00414. The number of carbonyl (C=O) groups is 2. The summed E-state index contributed by atoms with van der Waals surface area (Å²) in [6.07, 6.45) is 2.99. The highest BCUT2D eigenvalue weighted by atomic mass is 16.6. The van der Waals surface area contributed by atoms with Gasteiger partial charge in [0.05, 0.1) is 24.0 Å². The highest BCUT2D eigenvalue weighted by molar-refractivity contribution is 5.76. The number of aliphatic hydroxyl groups excluding tert-OH is 3. The van der Waals surface area contributed by atoms with Crippen molar-refractivity contribution in [2.75, 3.05) is 6.61 Å². The SMILES string of the molecule is CCC(C)(C)C(=O)O[C@@H](CCCO)[C@@H]1[C@@H](CC[C@@H]2C[C@@H](O)CC(=O)O2)[C@@H](C)CC[C@H]1O. The van der Waals surface area contributed by atoms with Crippen molar-refractivity contribution in [2.24, 2.45) is 23.2 Å². The standard InChI is InChI=1S/C24H42O7/c1-5-24(3,4)23(29)31-20(7-6-12-25)22-18(15(2)8-11-19(22)27)10-9-17-13-16(26)14-21(28)30-17/h15-20,22,25-27H,5-14H2,1-4H3/t15-,16+,17+,18-,19+,20-,22+/m0/s1. The molecular weight excluding hydrogens is 400 g/mol. The molecule has 0 bridgehead atoms. The zero-order valence-electron chi connectivity index (χ0n) is 19.6. The van der Waals surface area contributed by atoms with Crippen molar-refractivity contribution in [1.29, 1.82) is 0 Å². The van der Waals surface area contributed by atoms with Gasteiger partial charge in [-0.3, -0.25) is 9.59 Å². The Morgan fingerprint density at radius 1 is 1.26 bits per heavy atom. The van der Waals surface area contributed by atoms with Crippen LogP contribution in [-0.2, 0) is 19.1 Å². The maximum absolute atomic E-state index is 12.8. The summed E-state index contributed by atoms with van der Waals surface area (Å²) in [4.78, 5) is 24.5. The molecule has 0 aromatic rings. The van der Waals surface area contributed by atoms with Crippen LogP contribution in [0, 0.1) is 23.2 Å². The molecule has 2 aliphatic rings. The number of hydrogen-bond acceptors (Lipinski definition) is 7. The first kappa shape index (κ1) is 26.1. The molecule has 7 heteroatoms. The number of rotatable bonds is 10. The summed E-state index contributed by atoms with van der Waals surface area (Å²) in [5, 5.41) is 30.2. The molecule has 0 spiro atoms. The fourth-order valence-corrected chi connectivity index (χ4v) is 4.99. The highest BCUT2D eigenvalue weighted by Crippen LogP contribution is 2.43. The molecule has 0 unspecified atom stereocenters. The molecule has 0 aromatic heterocycles. The van der Waals surface area contributed by atoms with Crippen molar-refractivity contribution >= 4 is 11.9 Å². The highest BCUT2D eigenvalue weighted by Gasteiger charge is 2.44. The third kappa shape index (κ3) is 7.16. The Labute approximate surface area is 186 Å². The van der Waals surface area contributed by atoms with Crippen molar-refractivity contribution in [2.45, 2.75) is 110 Å². The largest absolute Gasteiger partial charge is 0.462 e. The van der Waals surface area contributed by atoms with Gasteiger partial charge in [0.15, 0.2) is 0 Å². The Kier molecular flexibility index (Phi) is 9.77. The first-order valence-corrected chi connectivity index (χ1v) is 12.0. The summed E-state index contributed by atoms with van der Waals surface area (Å²) in [5.74, 6) is -0.439. The number of aliphatic hydroxyl groups is 3. The Balaban J connectivity index is 2.16. The lowest BCUT2D eigenvalue weighted by Gasteiger charge is -2.44. The second-order valence-corrected chi connectivity index (χ2v) is 10.2. The van der Waals surface area contributed by atoms with Crippen molar-refractivity contribution in [1.82, 2.24) is 0 Å². The van der Waals surface area contributed by atoms with E-state index in [0.717, 1.165) is 12.8 Å². The van der Waals surface area contributed by atoms with Crippen LogP contribution in [0.5, 0.6) is 0 Å². The van der Waals surface area contributed by atoms with Crippen LogP contribution in [0.15, 0.2) is 0 Å². The monoisotopic (exact) mass is 442 g/mol. The van der Waals surface area contributed by atoms with Crippen LogP contribution in [0.25, 0.3) is 0 Å². The van der Waals surface area contributed by atoms with E-state index in [9.17, 15) is 24.9 Å². The molecule has 1 aliphatic heterocycles. The molecule has 2 fully saturated rings. The molecule has 7 atom stereocenters. The Hall–Kier alpha value is -1.18. The minimum Gasteiger partial charge on any atom is -0.462 e. The molecule has 0 aromatic carbocycles. The van der Waals surface area contributed by atoms with Gasteiger partial charge in [-0.15, -0.1) is 0 Å². The van der Waals surface area contributed by atoms with Crippen molar-refractivity contribution in [3.8, 4) is 0 Å². The molecule has 2 rings (SSSR count). The molecule has 1 aliphatic carbocycles. The lowest BCUT2D eigenvalue weighted by Crippen LogP contribution is -2.47. The number of ether oxygens (including phenoxy) is 2. The number of hydrogen-bond donors (Lipinski definition) is 3. The predicted octanol–water partition coefficient (Wildman–Crippen LogP) is 2.98. The summed E-state index contributed by atoms with van der Waals surface area (Å²) in [6.45, 7) is 7.83. The van der Waals surface area contributed by atoms with Crippen LogP contribution in [0.2, 0.25) is 0 Å². The van der Waals surface area contributed by atoms with Gasteiger partial charge in [0, 0.05) is 18.9 Å². The second-order valence-electron chi connectivity index (χ2n) is 10.2. The number of esters is 2. The van der Waals surface area contributed by atoms with Gasteiger partial charge >= 0.3 is 11.9 Å². The Morgan fingerprint density at radius 3 is 2.58 bits per heavy atom. The van der Waals surface area contributed by atoms with Gasteiger partial charge in [0.2, 0.25) is 0 Å². The van der Waals surface area contributed by atoms with Gasteiger partial charge in [-0.05, 0) is 70.6 Å². The van der Waals surface area contributed by atoms with Crippen molar-refractivity contribution in [3.05, 3.63) is 0 Å². The van der Waals surface area contributed by atoms with E-state index in [1.54, 1.807) is 0 Å². The number of cyclic esters (lactones) is 1. The first-order chi connectivity index (χ1) is 14.6. The molecule has 3 N–H and O–H groups in total. The lowest BCUT2D eigenvalue weighted by molar-refractivity contribution is -0.172. The van der Waals surface area contributed by atoms with Gasteiger partial charge in [-0.1, -0.05) is 13.8 Å². The fraction of sp³-hybridized carbons (Fsp3) is 0.917. The van der Waals surface area contributed by atoms with Crippen LogP contribution < -0.4 is 0 Å². The molecule has 1 heterocycles.